The summed E-state index contributed by atoms with van der Waals surface area (Å²) in [6.45, 7) is 6.22. The topological polar surface area (TPSA) is 66.5 Å². The number of nitrogens with zero attached hydrogens (tertiary/aromatic N) is 1. The van der Waals surface area contributed by atoms with Gasteiger partial charge in [0.2, 0.25) is 15.3 Å². The van der Waals surface area contributed by atoms with E-state index in [9.17, 15) is 12.6 Å². The van der Waals surface area contributed by atoms with Gasteiger partial charge in [0.25, 0.3) is 0 Å². The molecule has 0 aromatic heterocycles. The molecule has 0 amide bonds. The van der Waals surface area contributed by atoms with Crippen molar-refractivity contribution in [1.29, 1.82) is 0 Å². The van der Waals surface area contributed by atoms with Gasteiger partial charge < -0.3 is 0 Å². The van der Waals surface area contributed by atoms with Gasteiger partial charge in [0, 0.05) is 19.1 Å². The number of alkyl halides is 1. The normalized spacial score (nSPS) is 15.2. The van der Waals surface area contributed by atoms with Crippen molar-refractivity contribution in [2.75, 3.05) is 0 Å². The predicted octanol–water partition coefficient (Wildman–Crippen LogP) is 6.49. The Morgan fingerprint density at radius 2 is 1.12 bits per heavy atom. The molecule has 222 valence electrons. The average Bonchev–Trinajstić information content (AvgIpc) is 2.99. The summed E-state index contributed by atoms with van der Waals surface area (Å²) >= 11 is 0. The maximum Gasteiger partial charge on any atom is 0.222 e. The van der Waals surface area contributed by atoms with Gasteiger partial charge >= 0.3 is 0 Å². The standard InChI is InChI=1S/C34H39FN2O3S2/c1-34(2,3)41(38)36-32(33(35)42(39,40)30-22-14-7-15-23-30)31(24-27-16-8-4-9-17-27)37(25-28-18-10-5-11-19-28)26-29-20-12-6-13-21-29/h4-23,31-33,36H,24-26H2,1-3H3/t31-,32-,33?,41+/m0/s1. The molecular formula is C34H39FN2O3S2. The molecule has 0 aliphatic heterocycles. The van der Waals surface area contributed by atoms with Crippen molar-refractivity contribution in [3.63, 3.8) is 0 Å². The van der Waals surface area contributed by atoms with Crippen molar-refractivity contribution in [2.45, 2.75) is 67.5 Å². The average molecular weight is 607 g/mol. The minimum atomic E-state index is -4.44. The van der Waals surface area contributed by atoms with Gasteiger partial charge in [-0.2, -0.15) is 0 Å². The van der Waals surface area contributed by atoms with Crippen LogP contribution in [0.3, 0.4) is 0 Å². The Kier molecular flexibility index (Phi) is 10.8. The Bertz CT molecular complexity index is 1470. The van der Waals surface area contributed by atoms with Gasteiger partial charge in [0.05, 0.1) is 26.7 Å². The molecule has 0 saturated heterocycles. The summed E-state index contributed by atoms with van der Waals surface area (Å²) in [7, 11) is -6.18. The molecule has 0 heterocycles. The number of halogens is 1. The van der Waals surface area contributed by atoms with Gasteiger partial charge in [0.1, 0.15) is 0 Å². The Labute approximate surface area is 252 Å². The van der Waals surface area contributed by atoms with Crippen LogP contribution in [-0.4, -0.2) is 39.9 Å². The van der Waals surface area contributed by atoms with E-state index in [0.717, 1.165) is 16.7 Å². The molecule has 4 atom stereocenters. The number of rotatable bonds is 13. The Morgan fingerprint density at radius 3 is 1.55 bits per heavy atom. The van der Waals surface area contributed by atoms with Crippen LogP contribution in [0.2, 0.25) is 0 Å². The molecule has 42 heavy (non-hydrogen) atoms. The van der Waals surface area contributed by atoms with Gasteiger partial charge in [-0.1, -0.05) is 109 Å². The molecule has 0 spiro atoms. The highest BCUT2D eigenvalue weighted by Crippen LogP contribution is 2.28. The predicted molar refractivity (Wildman–Crippen MR) is 169 cm³/mol. The largest absolute Gasteiger partial charge is 0.290 e. The van der Waals surface area contributed by atoms with Crippen molar-refractivity contribution < 1.29 is 17.0 Å². The van der Waals surface area contributed by atoms with Crippen LogP contribution in [0.5, 0.6) is 0 Å². The highest BCUT2D eigenvalue weighted by molar-refractivity contribution is 7.92. The second-order valence-electron chi connectivity index (χ2n) is 11.4. The molecule has 0 bridgehead atoms. The van der Waals surface area contributed by atoms with Crippen molar-refractivity contribution in [2.24, 2.45) is 0 Å². The van der Waals surface area contributed by atoms with Crippen LogP contribution in [0.15, 0.2) is 126 Å². The van der Waals surface area contributed by atoms with E-state index in [-0.39, 0.29) is 4.90 Å². The van der Waals surface area contributed by atoms with Crippen LogP contribution in [0, 0.1) is 0 Å². The summed E-state index contributed by atoms with van der Waals surface area (Å²) in [5.74, 6) is 0. The van der Waals surface area contributed by atoms with Crippen LogP contribution in [0.4, 0.5) is 4.39 Å². The van der Waals surface area contributed by atoms with Crippen LogP contribution in [0.25, 0.3) is 0 Å². The highest BCUT2D eigenvalue weighted by atomic mass is 32.2. The summed E-state index contributed by atoms with van der Waals surface area (Å²) in [5, 5.41) is 0. The molecule has 0 radical (unpaired) electrons. The van der Waals surface area contributed by atoms with E-state index in [1.54, 1.807) is 39.0 Å². The van der Waals surface area contributed by atoms with Gasteiger partial charge in [0.15, 0.2) is 0 Å². The number of hydrogen-bond donors (Lipinski definition) is 1. The number of hydrogen-bond acceptors (Lipinski definition) is 4. The molecule has 4 aromatic carbocycles. The maximum absolute atomic E-state index is 16.9. The molecule has 0 saturated carbocycles. The molecule has 4 rings (SSSR count). The molecular weight excluding hydrogens is 568 g/mol. The van der Waals surface area contributed by atoms with E-state index in [1.807, 2.05) is 91.0 Å². The molecule has 5 nitrogen and oxygen atoms in total. The van der Waals surface area contributed by atoms with Crippen molar-refractivity contribution >= 4 is 20.8 Å². The maximum atomic E-state index is 16.9. The molecule has 0 fully saturated rings. The zero-order valence-corrected chi connectivity index (χ0v) is 25.9. The Balaban J connectivity index is 1.86. The van der Waals surface area contributed by atoms with E-state index in [4.69, 9.17) is 0 Å². The number of benzene rings is 4. The van der Waals surface area contributed by atoms with Gasteiger partial charge in [-0.05, 0) is 56.0 Å². The summed E-state index contributed by atoms with van der Waals surface area (Å²) < 4.78 is 60.2. The Morgan fingerprint density at radius 1 is 0.714 bits per heavy atom. The minimum absolute atomic E-state index is 0.109. The summed E-state index contributed by atoms with van der Waals surface area (Å²) in [4.78, 5) is 1.99. The second kappa shape index (κ2) is 14.3. The number of sulfone groups is 1. The fourth-order valence-corrected chi connectivity index (χ4v) is 7.20. The van der Waals surface area contributed by atoms with Crippen molar-refractivity contribution in [3.8, 4) is 0 Å². The van der Waals surface area contributed by atoms with Gasteiger partial charge in [-0.15, -0.1) is 0 Å². The molecule has 1 unspecified atom stereocenters. The van der Waals surface area contributed by atoms with Crippen LogP contribution in [-0.2, 0) is 40.3 Å². The first-order valence-electron chi connectivity index (χ1n) is 14.0. The van der Waals surface area contributed by atoms with Crippen LogP contribution in [0.1, 0.15) is 37.5 Å². The summed E-state index contributed by atoms with van der Waals surface area (Å²) in [6, 6.07) is 35.0. The first-order chi connectivity index (χ1) is 20.1. The minimum Gasteiger partial charge on any atom is -0.290 e. The molecule has 4 aromatic rings. The first kappa shape index (κ1) is 31.8. The zero-order valence-electron chi connectivity index (χ0n) is 24.3. The molecule has 0 aliphatic carbocycles. The van der Waals surface area contributed by atoms with E-state index in [2.05, 4.69) is 9.62 Å². The quantitative estimate of drug-likeness (QED) is 0.189. The fourth-order valence-electron chi connectivity index (χ4n) is 4.81. The summed E-state index contributed by atoms with van der Waals surface area (Å²) in [6.07, 6.45) is 0.338. The molecule has 8 heteroatoms. The molecule has 1 N–H and O–H groups in total. The van der Waals surface area contributed by atoms with Crippen LogP contribution >= 0.6 is 0 Å². The lowest BCUT2D eigenvalue weighted by Crippen LogP contribution is -2.58. The zero-order chi connectivity index (χ0) is 30.2. The van der Waals surface area contributed by atoms with E-state index < -0.39 is 43.2 Å². The smallest absolute Gasteiger partial charge is 0.222 e. The number of nitrogens with one attached hydrogen (secondary N) is 1. The first-order valence-corrected chi connectivity index (χ1v) is 16.7. The van der Waals surface area contributed by atoms with Crippen molar-refractivity contribution in [3.05, 3.63) is 138 Å². The van der Waals surface area contributed by atoms with E-state index >= 15 is 4.39 Å². The van der Waals surface area contributed by atoms with Crippen molar-refractivity contribution in [1.82, 2.24) is 9.62 Å². The summed E-state index contributed by atoms with van der Waals surface area (Å²) in [5.41, 5.74) is 0.562. The highest BCUT2D eigenvalue weighted by Gasteiger charge is 2.43. The third kappa shape index (κ3) is 8.44. The van der Waals surface area contributed by atoms with E-state index in [1.165, 1.54) is 12.1 Å². The molecule has 0 aliphatic rings. The lowest BCUT2D eigenvalue weighted by Gasteiger charge is -2.39. The SMILES string of the molecule is CC(C)(C)[S@@](=O)N[C@H](C(F)S(=O)(=O)c1ccccc1)[C@H](Cc1ccccc1)N(Cc1ccccc1)Cc1ccccc1. The monoisotopic (exact) mass is 606 g/mol. The lowest BCUT2D eigenvalue weighted by atomic mass is 9.97. The lowest BCUT2D eigenvalue weighted by molar-refractivity contribution is 0.125. The fraction of sp³-hybridized carbons (Fsp3) is 0.294. The third-order valence-corrected chi connectivity index (χ3v) is 10.5. The van der Waals surface area contributed by atoms with Gasteiger partial charge in [-0.3, -0.25) is 4.90 Å². The van der Waals surface area contributed by atoms with E-state index in [0.29, 0.717) is 19.5 Å². The van der Waals surface area contributed by atoms with Gasteiger partial charge in [-0.25, -0.2) is 21.7 Å². The third-order valence-electron chi connectivity index (χ3n) is 7.08. The Hall–Kier alpha value is -3.17. The van der Waals surface area contributed by atoms with Crippen LogP contribution < -0.4 is 4.72 Å². The second-order valence-corrected chi connectivity index (χ2v) is 15.4.